The average Bonchev–Trinajstić information content (AvgIpc) is 2.30. The van der Waals surface area contributed by atoms with E-state index in [0.29, 0.717) is 6.42 Å². The van der Waals surface area contributed by atoms with E-state index < -0.39 is 11.9 Å². The van der Waals surface area contributed by atoms with Crippen molar-refractivity contribution in [2.45, 2.75) is 26.7 Å². The van der Waals surface area contributed by atoms with Crippen LogP contribution in [0.3, 0.4) is 0 Å². The molecule has 0 heterocycles. The maximum Gasteiger partial charge on any atom is 0.306 e. The van der Waals surface area contributed by atoms with Gasteiger partial charge in [0.2, 0.25) is 0 Å². The number of aliphatic carboxylic acids is 1. The summed E-state index contributed by atoms with van der Waals surface area (Å²) in [5.41, 5.74) is 0. The zero-order chi connectivity index (χ0) is 9.30. The third-order valence-electron chi connectivity index (χ3n) is 2.76. The highest BCUT2D eigenvalue weighted by molar-refractivity contribution is 5.87. The van der Waals surface area contributed by atoms with E-state index in [1.807, 2.05) is 6.92 Å². The lowest BCUT2D eigenvalue weighted by molar-refractivity contribution is -0.146. The highest BCUT2D eigenvalue weighted by Gasteiger charge is 2.38. The van der Waals surface area contributed by atoms with Crippen LogP contribution in [0.2, 0.25) is 0 Å². The highest BCUT2D eigenvalue weighted by atomic mass is 16.4. The van der Waals surface area contributed by atoms with E-state index in [9.17, 15) is 9.59 Å². The lowest BCUT2D eigenvalue weighted by atomic mass is 9.85. The molecule has 1 rings (SSSR count). The van der Waals surface area contributed by atoms with Crippen molar-refractivity contribution in [3.63, 3.8) is 0 Å². The molecule has 3 heteroatoms. The highest BCUT2D eigenvalue weighted by Crippen LogP contribution is 2.33. The van der Waals surface area contributed by atoms with Crippen LogP contribution in [-0.4, -0.2) is 16.9 Å². The fraction of sp³-hybridized carbons (Fsp3) is 0.778. The van der Waals surface area contributed by atoms with Gasteiger partial charge in [0, 0.05) is 12.3 Å². The Morgan fingerprint density at radius 1 is 1.67 bits per heavy atom. The van der Waals surface area contributed by atoms with Gasteiger partial charge in [-0.1, -0.05) is 13.8 Å². The number of ketones is 1. The second kappa shape index (κ2) is 3.25. The number of carboxylic acid groups (broad SMARTS) is 1. The van der Waals surface area contributed by atoms with E-state index in [4.69, 9.17) is 5.11 Å². The number of rotatable bonds is 2. The van der Waals surface area contributed by atoms with Gasteiger partial charge in [0.15, 0.2) is 0 Å². The molecule has 0 saturated heterocycles. The zero-order valence-electron chi connectivity index (χ0n) is 7.41. The summed E-state index contributed by atoms with van der Waals surface area (Å²) in [6, 6.07) is 0. The van der Waals surface area contributed by atoms with Gasteiger partial charge in [-0.15, -0.1) is 0 Å². The molecule has 12 heavy (non-hydrogen) atoms. The van der Waals surface area contributed by atoms with Gasteiger partial charge in [0.25, 0.3) is 0 Å². The smallest absolute Gasteiger partial charge is 0.306 e. The molecular formula is C9H14O3. The van der Waals surface area contributed by atoms with Crippen molar-refractivity contribution in [2.24, 2.45) is 17.8 Å². The van der Waals surface area contributed by atoms with Gasteiger partial charge in [0.05, 0.1) is 5.92 Å². The summed E-state index contributed by atoms with van der Waals surface area (Å²) in [7, 11) is 0. The number of hydrogen-bond acceptors (Lipinski definition) is 2. The molecule has 1 N–H and O–H groups in total. The normalized spacial score (nSPS) is 32.0. The molecule has 1 saturated carbocycles. The molecule has 0 amide bonds. The Hall–Kier alpha value is -0.860. The maximum atomic E-state index is 11.3. The summed E-state index contributed by atoms with van der Waals surface area (Å²) < 4.78 is 0. The molecule has 3 unspecified atom stereocenters. The molecule has 1 aliphatic rings. The molecule has 3 atom stereocenters. The van der Waals surface area contributed by atoms with Gasteiger partial charge in [0.1, 0.15) is 5.78 Å². The Bertz CT molecular complexity index is 210. The minimum absolute atomic E-state index is 0.123. The minimum Gasteiger partial charge on any atom is -0.481 e. The molecule has 0 radical (unpaired) electrons. The number of carboxylic acids is 1. The molecule has 1 fully saturated rings. The number of carbonyl (C=O) groups is 2. The molecule has 0 aromatic heterocycles. The van der Waals surface area contributed by atoms with E-state index in [2.05, 4.69) is 0 Å². The van der Waals surface area contributed by atoms with Gasteiger partial charge < -0.3 is 5.11 Å². The van der Waals surface area contributed by atoms with E-state index in [1.54, 1.807) is 6.92 Å². The Balaban J connectivity index is 2.72. The van der Waals surface area contributed by atoms with Crippen LogP contribution in [0.4, 0.5) is 0 Å². The number of carbonyl (C=O) groups excluding carboxylic acids is 1. The SMILES string of the molecule is CC1CCC(=O)C1C(C)C(=O)O. The molecule has 0 aliphatic heterocycles. The van der Waals surface area contributed by atoms with Crippen LogP contribution >= 0.6 is 0 Å². The predicted molar refractivity (Wildman–Crippen MR) is 43.7 cm³/mol. The maximum absolute atomic E-state index is 11.3. The largest absolute Gasteiger partial charge is 0.481 e. The molecule has 1 aliphatic carbocycles. The topological polar surface area (TPSA) is 54.4 Å². The van der Waals surface area contributed by atoms with Gasteiger partial charge in [-0.3, -0.25) is 9.59 Å². The summed E-state index contributed by atoms with van der Waals surface area (Å²) in [4.78, 5) is 21.9. The molecule has 0 spiro atoms. The molecule has 3 nitrogen and oxygen atoms in total. The molecule has 0 aromatic rings. The first-order valence-electron chi connectivity index (χ1n) is 4.29. The van der Waals surface area contributed by atoms with Gasteiger partial charge in [-0.2, -0.15) is 0 Å². The Kier molecular flexibility index (Phi) is 2.50. The van der Waals surface area contributed by atoms with E-state index in [0.717, 1.165) is 6.42 Å². The standard InChI is InChI=1S/C9H14O3/c1-5-3-4-7(10)8(5)6(2)9(11)12/h5-6,8H,3-4H2,1-2H3,(H,11,12). The van der Waals surface area contributed by atoms with Crippen LogP contribution in [0.1, 0.15) is 26.7 Å². The van der Waals surface area contributed by atoms with Crippen LogP contribution in [0.15, 0.2) is 0 Å². The molecule has 0 aromatic carbocycles. The number of Topliss-reactive ketones (excluding diaryl/α,β-unsaturated/α-hetero) is 1. The predicted octanol–water partition coefficient (Wildman–Crippen LogP) is 1.32. The van der Waals surface area contributed by atoms with Crippen molar-refractivity contribution >= 4 is 11.8 Å². The van der Waals surface area contributed by atoms with Crippen LogP contribution < -0.4 is 0 Å². The van der Waals surface area contributed by atoms with Crippen LogP contribution in [0.5, 0.6) is 0 Å². The van der Waals surface area contributed by atoms with Gasteiger partial charge in [-0.25, -0.2) is 0 Å². The summed E-state index contributed by atoms with van der Waals surface area (Å²) in [6.45, 7) is 3.57. The second-order valence-corrected chi connectivity index (χ2v) is 3.63. The third-order valence-corrected chi connectivity index (χ3v) is 2.76. The quantitative estimate of drug-likeness (QED) is 0.680. The fourth-order valence-corrected chi connectivity index (χ4v) is 1.96. The van der Waals surface area contributed by atoms with E-state index in [-0.39, 0.29) is 17.6 Å². The molecule has 68 valence electrons. The first-order chi connectivity index (χ1) is 5.54. The molecular weight excluding hydrogens is 156 g/mol. The zero-order valence-corrected chi connectivity index (χ0v) is 7.41. The van der Waals surface area contributed by atoms with Crippen LogP contribution in [0.25, 0.3) is 0 Å². The number of hydrogen-bond donors (Lipinski definition) is 1. The Morgan fingerprint density at radius 2 is 2.25 bits per heavy atom. The van der Waals surface area contributed by atoms with Crippen molar-refractivity contribution in [2.75, 3.05) is 0 Å². The van der Waals surface area contributed by atoms with Crippen molar-refractivity contribution < 1.29 is 14.7 Å². The molecule has 0 bridgehead atoms. The summed E-state index contributed by atoms with van der Waals surface area (Å²) in [5.74, 6) is -1.26. The van der Waals surface area contributed by atoms with Crippen molar-refractivity contribution in [3.05, 3.63) is 0 Å². The minimum atomic E-state index is -0.859. The summed E-state index contributed by atoms with van der Waals surface area (Å²) in [5, 5.41) is 8.73. The summed E-state index contributed by atoms with van der Waals surface area (Å²) >= 11 is 0. The Labute approximate surface area is 71.8 Å². The van der Waals surface area contributed by atoms with Crippen molar-refractivity contribution in [1.29, 1.82) is 0 Å². The van der Waals surface area contributed by atoms with E-state index >= 15 is 0 Å². The van der Waals surface area contributed by atoms with E-state index in [1.165, 1.54) is 0 Å². The third kappa shape index (κ3) is 1.49. The average molecular weight is 170 g/mol. The first kappa shape index (κ1) is 9.23. The fourth-order valence-electron chi connectivity index (χ4n) is 1.96. The van der Waals surface area contributed by atoms with Crippen molar-refractivity contribution in [3.8, 4) is 0 Å². The van der Waals surface area contributed by atoms with Crippen molar-refractivity contribution in [1.82, 2.24) is 0 Å². The first-order valence-corrected chi connectivity index (χ1v) is 4.29. The summed E-state index contributed by atoms with van der Waals surface area (Å²) in [6.07, 6.45) is 1.41. The van der Waals surface area contributed by atoms with Crippen LogP contribution in [-0.2, 0) is 9.59 Å². The van der Waals surface area contributed by atoms with Crippen LogP contribution in [0, 0.1) is 17.8 Å². The van der Waals surface area contributed by atoms with Gasteiger partial charge in [-0.05, 0) is 12.3 Å². The lowest BCUT2D eigenvalue weighted by Crippen LogP contribution is -2.27. The monoisotopic (exact) mass is 170 g/mol. The Morgan fingerprint density at radius 3 is 2.58 bits per heavy atom. The lowest BCUT2D eigenvalue weighted by Gasteiger charge is -2.17. The second-order valence-electron chi connectivity index (χ2n) is 3.63. The van der Waals surface area contributed by atoms with Gasteiger partial charge >= 0.3 is 5.97 Å².